The second kappa shape index (κ2) is 10.1. The van der Waals surface area contributed by atoms with Crippen molar-refractivity contribution in [1.82, 2.24) is 0 Å². The van der Waals surface area contributed by atoms with Crippen molar-refractivity contribution in [2.45, 2.75) is 46.6 Å². The van der Waals surface area contributed by atoms with Crippen molar-refractivity contribution in [3.8, 4) is 5.75 Å². The minimum Gasteiger partial charge on any atom is -0.425 e. The maximum Gasteiger partial charge on any atom is 0.460 e. The summed E-state index contributed by atoms with van der Waals surface area (Å²) in [5.74, 6) is -73.3. The van der Waals surface area contributed by atoms with Gasteiger partial charge in [0.15, 0.2) is 22.3 Å². The first-order valence-electron chi connectivity index (χ1n) is 8.57. The van der Waals surface area contributed by atoms with Crippen LogP contribution in [0.1, 0.15) is 0 Å². The Labute approximate surface area is 213 Å². The second-order valence-electron chi connectivity index (χ2n) is 6.99. The molecule has 238 valence electrons. The highest BCUT2D eigenvalue weighted by Gasteiger charge is 2.93. The molecular weight excluding hydrogens is 695 g/mol. The third-order valence-electron chi connectivity index (χ3n) is 4.39. The van der Waals surface area contributed by atoms with Gasteiger partial charge in [0.05, 0.1) is 0 Å². The molecule has 0 atom stereocenters. The number of halogens is 22. The van der Waals surface area contributed by atoms with Crippen molar-refractivity contribution in [1.29, 1.82) is 0 Å². The molecule has 1 rings (SSSR count). The molecule has 0 aliphatic rings. The summed E-state index contributed by atoms with van der Waals surface area (Å²) in [6.45, 7) is 0. The Hall–Kier alpha value is -2.47. The van der Waals surface area contributed by atoms with Crippen LogP contribution in [-0.2, 0) is 9.05 Å². The van der Waals surface area contributed by atoms with Gasteiger partial charge in [-0.25, -0.2) is 21.6 Å². The van der Waals surface area contributed by atoms with Crippen LogP contribution in [0.4, 0.5) is 92.2 Å². The van der Waals surface area contributed by atoms with Crippen molar-refractivity contribution in [2.75, 3.05) is 0 Å². The second-order valence-corrected chi connectivity index (χ2v) is 9.49. The fraction of sp³-hybridized carbons (Fsp3) is 0.467. The van der Waals surface area contributed by atoms with Crippen molar-refractivity contribution >= 4 is 19.7 Å². The van der Waals surface area contributed by atoms with Gasteiger partial charge in [-0.1, -0.05) is 0 Å². The number of alkyl halides is 15. The van der Waals surface area contributed by atoms with Crippen molar-refractivity contribution in [3.05, 3.63) is 35.1 Å². The third-order valence-corrected chi connectivity index (χ3v) is 5.71. The van der Waals surface area contributed by atoms with Gasteiger partial charge >= 0.3 is 47.7 Å². The Morgan fingerprint density at radius 3 is 1.27 bits per heavy atom. The summed E-state index contributed by atoms with van der Waals surface area (Å²) in [6, 6.07) is -4.48. The highest BCUT2D eigenvalue weighted by atomic mass is 35.7. The van der Waals surface area contributed by atoms with Crippen LogP contribution in [0.3, 0.4) is 0 Å². The minimum atomic E-state index is -8.93. The zero-order valence-corrected chi connectivity index (χ0v) is 19.0. The average molecular weight is 695 g/mol. The van der Waals surface area contributed by atoms with E-state index in [0.717, 1.165) is 0 Å². The summed E-state index contributed by atoms with van der Waals surface area (Å²) >= 11 is 0. The fourth-order valence-corrected chi connectivity index (χ4v) is 3.33. The van der Waals surface area contributed by atoms with Gasteiger partial charge in [0, 0.05) is 10.7 Å². The molecule has 0 saturated carbocycles. The minimum absolute atomic E-state index is 2.82. The predicted molar refractivity (Wildman–Crippen MR) is 84.9 cm³/mol. The molecule has 0 aliphatic carbocycles. The van der Waals surface area contributed by atoms with Gasteiger partial charge in [0.25, 0.3) is 9.05 Å². The van der Waals surface area contributed by atoms with Crippen LogP contribution in [0.2, 0.25) is 0 Å². The predicted octanol–water partition coefficient (Wildman–Crippen LogP) is 8.03. The summed E-state index contributed by atoms with van der Waals surface area (Å²) in [5, 5.41) is 0. The SMILES string of the molecule is O=S(=O)(Cl)c1c(F)c(F)c(F)c(F)c1OC(F)=C(F)C(F)(F)C(F)(F)C(F)(F)C(F)(F)C(F)(F)C(F)(F)C(F)(F)F. The van der Waals surface area contributed by atoms with E-state index in [-0.39, 0.29) is 0 Å². The van der Waals surface area contributed by atoms with Crippen LogP contribution in [-0.4, -0.2) is 50.1 Å². The normalized spacial score (nSPS) is 15.7. The number of benzene rings is 1. The van der Waals surface area contributed by atoms with Crippen LogP contribution >= 0.6 is 10.7 Å². The highest BCUT2D eigenvalue weighted by molar-refractivity contribution is 8.13. The van der Waals surface area contributed by atoms with Gasteiger partial charge in [-0.05, 0) is 0 Å². The Balaban J connectivity index is 3.89. The van der Waals surface area contributed by atoms with Gasteiger partial charge in [0.1, 0.15) is 0 Å². The summed E-state index contributed by atoms with van der Waals surface area (Å²) in [5.41, 5.74) is 0. The van der Waals surface area contributed by atoms with Crippen molar-refractivity contribution in [3.63, 3.8) is 0 Å². The van der Waals surface area contributed by atoms with Crippen molar-refractivity contribution in [2.24, 2.45) is 0 Å². The van der Waals surface area contributed by atoms with Crippen LogP contribution < -0.4 is 4.74 Å². The highest BCUT2D eigenvalue weighted by Crippen LogP contribution is 2.63. The van der Waals surface area contributed by atoms with E-state index in [1.54, 1.807) is 0 Å². The maximum absolute atomic E-state index is 13.8. The Kier molecular flexibility index (Phi) is 8.98. The number of hydrogen-bond donors (Lipinski definition) is 0. The lowest BCUT2D eigenvalue weighted by Gasteiger charge is -2.41. The summed E-state index contributed by atoms with van der Waals surface area (Å²) in [7, 11) is -1.72. The van der Waals surface area contributed by atoms with Crippen LogP contribution in [0, 0.1) is 23.3 Å². The molecular formula is C15ClF21O3S. The molecule has 3 nitrogen and oxygen atoms in total. The lowest BCUT2D eigenvalue weighted by molar-refractivity contribution is -0.451. The first-order chi connectivity index (χ1) is 17.7. The van der Waals surface area contributed by atoms with E-state index >= 15 is 0 Å². The molecule has 0 bridgehead atoms. The van der Waals surface area contributed by atoms with E-state index in [4.69, 9.17) is 0 Å². The number of rotatable bonds is 9. The van der Waals surface area contributed by atoms with Gasteiger partial charge < -0.3 is 4.74 Å². The Morgan fingerprint density at radius 2 is 0.902 bits per heavy atom. The average Bonchev–Trinajstić information content (AvgIpc) is 2.78. The molecule has 0 amide bonds. The summed E-state index contributed by atoms with van der Waals surface area (Å²) in [6.07, 6.45) is -7.97. The summed E-state index contributed by atoms with van der Waals surface area (Å²) < 4.78 is 303. The molecule has 1 aromatic rings. The van der Waals surface area contributed by atoms with E-state index in [2.05, 4.69) is 15.4 Å². The zero-order valence-electron chi connectivity index (χ0n) is 17.4. The lowest BCUT2D eigenvalue weighted by atomic mass is 9.91. The molecule has 1 aromatic carbocycles. The molecule has 0 aliphatic heterocycles. The Bertz CT molecular complexity index is 1350. The molecule has 0 heterocycles. The standard InChI is InChI=1S/C15ClF21O3S/c16-41(38,39)6-4(20)2(18)1(17)3(19)5(6)40-8(22)7(21)9(23,24)10(25,26)11(27,28)12(29,30)13(31,32)14(33,34)15(35,36)37. The van der Waals surface area contributed by atoms with E-state index < -0.39 is 96.5 Å². The van der Waals surface area contributed by atoms with Crippen LogP contribution in [0.25, 0.3) is 0 Å². The smallest absolute Gasteiger partial charge is 0.425 e. The number of ether oxygens (including phenoxy) is 1. The molecule has 26 heteroatoms. The molecule has 0 radical (unpaired) electrons. The van der Waals surface area contributed by atoms with Crippen molar-refractivity contribution < 1.29 is 105 Å². The molecule has 0 aromatic heterocycles. The van der Waals surface area contributed by atoms with Gasteiger partial charge in [-0.3, -0.25) is 0 Å². The molecule has 0 fully saturated rings. The first kappa shape index (κ1) is 36.6. The van der Waals surface area contributed by atoms with Crippen LogP contribution in [0.5, 0.6) is 5.75 Å². The number of hydrogen-bond acceptors (Lipinski definition) is 3. The summed E-state index contributed by atoms with van der Waals surface area (Å²) in [4.78, 5) is -2.99. The van der Waals surface area contributed by atoms with Gasteiger partial charge in [0.2, 0.25) is 17.5 Å². The topological polar surface area (TPSA) is 43.4 Å². The molecule has 0 unspecified atom stereocenters. The third kappa shape index (κ3) is 5.19. The van der Waals surface area contributed by atoms with E-state index in [0.29, 0.717) is 0 Å². The fourth-order valence-electron chi connectivity index (χ4n) is 2.26. The molecule has 41 heavy (non-hydrogen) atoms. The van der Waals surface area contributed by atoms with Gasteiger partial charge in [-0.2, -0.15) is 79.0 Å². The molecule has 0 saturated heterocycles. The monoisotopic (exact) mass is 694 g/mol. The van der Waals surface area contributed by atoms with E-state index in [1.165, 1.54) is 0 Å². The lowest BCUT2D eigenvalue weighted by Crippen LogP contribution is -2.72. The zero-order chi connectivity index (χ0) is 33.3. The van der Waals surface area contributed by atoms with E-state index in [1.807, 2.05) is 0 Å². The first-order valence-corrected chi connectivity index (χ1v) is 10.9. The maximum atomic E-state index is 13.8. The van der Waals surface area contributed by atoms with E-state index in [9.17, 15) is 101 Å². The van der Waals surface area contributed by atoms with Crippen LogP contribution in [0.15, 0.2) is 16.7 Å². The van der Waals surface area contributed by atoms with Gasteiger partial charge in [-0.15, -0.1) is 0 Å². The molecule has 0 N–H and O–H groups in total. The molecule has 0 spiro atoms. The Morgan fingerprint density at radius 1 is 0.561 bits per heavy atom. The quantitative estimate of drug-likeness (QED) is 0.0865. The number of allylic oxidation sites excluding steroid dienone is 1. The largest absolute Gasteiger partial charge is 0.460 e.